The first kappa shape index (κ1) is 12.4. The van der Waals surface area contributed by atoms with Gasteiger partial charge in [0, 0.05) is 18.5 Å². The molecule has 1 aliphatic heterocycles. The van der Waals surface area contributed by atoms with Gasteiger partial charge in [-0.15, -0.1) is 0 Å². The van der Waals surface area contributed by atoms with Gasteiger partial charge in [-0.25, -0.2) is 0 Å². The van der Waals surface area contributed by atoms with Crippen molar-refractivity contribution in [3.63, 3.8) is 0 Å². The van der Waals surface area contributed by atoms with Gasteiger partial charge in [-0.05, 0) is 25.8 Å². The molecule has 1 aromatic carbocycles. The number of para-hydroxylation sites is 1. The van der Waals surface area contributed by atoms with Crippen LogP contribution < -0.4 is 0 Å². The molecule has 100 valence electrons. The second-order valence-corrected chi connectivity index (χ2v) is 4.92. The maximum Gasteiger partial charge on any atom is 0.167 e. The van der Waals surface area contributed by atoms with E-state index in [-0.39, 0.29) is 11.9 Å². The van der Waals surface area contributed by atoms with E-state index in [4.69, 9.17) is 4.74 Å². The zero-order chi connectivity index (χ0) is 13.2. The molecule has 1 atom stereocenters. The first-order valence-corrected chi connectivity index (χ1v) is 6.88. The van der Waals surface area contributed by atoms with Crippen molar-refractivity contribution in [2.75, 3.05) is 6.61 Å². The van der Waals surface area contributed by atoms with E-state index in [0.717, 1.165) is 36.0 Å². The molecule has 1 unspecified atom stereocenters. The first-order chi connectivity index (χ1) is 9.29. The highest BCUT2D eigenvalue weighted by atomic mass is 16.5. The maximum atomic E-state index is 12.2. The van der Waals surface area contributed by atoms with E-state index in [2.05, 4.69) is 12.0 Å². The number of aryl methyl sites for hydroxylation is 1. The van der Waals surface area contributed by atoms with Crippen LogP contribution in [0.15, 0.2) is 24.3 Å². The molecule has 2 aromatic rings. The van der Waals surface area contributed by atoms with E-state index >= 15 is 0 Å². The van der Waals surface area contributed by atoms with Crippen LogP contribution in [0.25, 0.3) is 10.9 Å². The van der Waals surface area contributed by atoms with E-state index in [9.17, 15) is 4.79 Å². The first-order valence-electron chi connectivity index (χ1n) is 6.88. The Morgan fingerprint density at radius 3 is 3.05 bits per heavy atom. The van der Waals surface area contributed by atoms with E-state index in [1.807, 2.05) is 28.9 Å². The highest BCUT2D eigenvalue weighted by Crippen LogP contribution is 2.21. The zero-order valence-electron chi connectivity index (χ0n) is 11.1. The summed E-state index contributed by atoms with van der Waals surface area (Å²) in [6.45, 7) is 3.58. The number of ether oxygens (including phenoxy) is 1. The van der Waals surface area contributed by atoms with Gasteiger partial charge in [0.05, 0.1) is 17.6 Å². The minimum absolute atomic E-state index is 0.156. The molecule has 1 saturated heterocycles. The number of ketones is 1. The van der Waals surface area contributed by atoms with Crippen LogP contribution in [0, 0.1) is 0 Å². The van der Waals surface area contributed by atoms with Crippen LogP contribution in [0.2, 0.25) is 0 Å². The van der Waals surface area contributed by atoms with E-state index in [1.54, 1.807) is 0 Å². The summed E-state index contributed by atoms with van der Waals surface area (Å²) in [5.74, 6) is 0.156. The van der Waals surface area contributed by atoms with E-state index in [1.165, 1.54) is 0 Å². The minimum Gasteiger partial charge on any atom is -0.370 e. The highest BCUT2D eigenvalue weighted by Gasteiger charge is 2.25. The summed E-state index contributed by atoms with van der Waals surface area (Å²) in [7, 11) is 0. The molecule has 0 N–H and O–H groups in total. The molecule has 0 bridgehead atoms. The fourth-order valence-corrected chi connectivity index (χ4v) is 2.68. The number of hydrogen-bond acceptors (Lipinski definition) is 3. The molecule has 0 amide bonds. The van der Waals surface area contributed by atoms with Gasteiger partial charge < -0.3 is 4.74 Å². The Hall–Kier alpha value is -1.68. The summed E-state index contributed by atoms with van der Waals surface area (Å²) < 4.78 is 7.40. The van der Waals surface area contributed by atoms with Crippen LogP contribution in [0.3, 0.4) is 0 Å². The summed E-state index contributed by atoms with van der Waals surface area (Å²) in [6, 6.07) is 8.07. The molecule has 0 saturated carbocycles. The van der Waals surface area contributed by atoms with Gasteiger partial charge in [0.15, 0.2) is 5.78 Å². The SMILES string of the molecule is CCn1nc(CC(=O)C2CCCO2)c2ccccc21. The fourth-order valence-electron chi connectivity index (χ4n) is 2.68. The van der Waals surface area contributed by atoms with Gasteiger partial charge in [-0.2, -0.15) is 5.10 Å². The lowest BCUT2D eigenvalue weighted by Crippen LogP contribution is -2.21. The molecule has 1 aliphatic rings. The van der Waals surface area contributed by atoms with Gasteiger partial charge >= 0.3 is 0 Å². The van der Waals surface area contributed by atoms with Crippen LogP contribution >= 0.6 is 0 Å². The third kappa shape index (κ3) is 2.28. The predicted octanol–water partition coefficient (Wildman–Crippen LogP) is 2.35. The van der Waals surface area contributed by atoms with Crippen molar-refractivity contribution in [2.45, 2.75) is 38.8 Å². The van der Waals surface area contributed by atoms with Crippen molar-refractivity contribution in [1.82, 2.24) is 9.78 Å². The van der Waals surface area contributed by atoms with Gasteiger partial charge in [0.1, 0.15) is 6.10 Å². The summed E-state index contributed by atoms with van der Waals surface area (Å²) in [5, 5.41) is 5.64. The fraction of sp³-hybridized carbons (Fsp3) is 0.467. The molecule has 0 radical (unpaired) electrons. The smallest absolute Gasteiger partial charge is 0.167 e. The Morgan fingerprint density at radius 1 is 1.47 bits per heavy atom. The number of carbonyl (C=O) groups is 1. The Labute approximate surface area is 112 Å². The van der Waals surface area contributed by atoms with Crippen LogP contribution in [-0.2, 0) is 22.5 Å². The topological polar surface area (TPSA) is 44.1 Å². The summed E-state index contributed by atoms with van der Waals surface area (Å²) in [5.41, 5.74) is 1.97. The number of hydrogen-bond donors (Lipinski definition) is 0. The molecular weight excluding hydrogens is 240 g/mol. The zero-order valence-corrected chi connectivity index (χ0v) is 11.1. The van der Waals surface area contributed by atoms with Gasteiger partial charge in [-0.1, -0.05) is 18.2 Å². The summed E-state index contributed by atoms with van der Waals surface area (Å²) in [4.78, 5) is 12.2. The average molecular weight is 258 g/mol. The maximum absolute atomic E-state index is 12.2. The number of carbonyl (C=O) groups excluding carboxylic acids is 1. The molecule has 4 nitrogen and oxygen atoms in total. The number of aromatic nitrogens is 2. The normalized spacial score (nSPS) is 19.1. The van der Waals surface area contributed by atoms with Gasteiger partial charge in [0.2, 0.25) is 0 Å². The van der Waals surface area contributed by atoms with Crippen LogP contribution in [0.4, 0.5) is 0 Å². The third-order valence-electron chi connectivity index (χ3n) is 3.66. The predicted molar refractivity (Wildman–Crippen MR) is 73.1 cm³/mol. The second-order valence-electron chi connectivity index (χ2n) is 4.92. The molecule has 3 rings (SSSR count). The molecule has 1 fully saturated rings. The van der Waals surface area contributed by atoms with E-state index in [0.29, 0.717) is 13.0 Å². The highest BCUT2D eigenvalue weighted by molar-refractivity contribution is 5.90. The van der Waals surface area contributed by atoms with Gasteiger partial charge in [0.25, 0.3) is 0 Å². The summed E-state index contributed by atoms with van der Waals surface area (Å²) >= 11 is 0. The average Bonchev–Trinajstić information content (AvgIpc) is 3.07. The second kappa shape index (κ2) is 5.13. The number of Topliss-reactive ketones (excluding diaryl/α,β-unsaturated/α-hetero) is 1. The molecule has 4 heteroatoms. The Kier molecular flexibility index (Phi) is 3.34. The van der Waals surface area contributed by atoms with Crippen LogP contribution in [0.1, 0.15) is 25.5 Å². The Morgan fingerprint density at radius 2 is 2.32 bits per heavy atom. The van der Waals surface area contributed by atoms with Crippen LogP contribution in [-0.4, -0.2) is 28.3 Å². The lowest BCUT2D eigenvalue weighted by molar-refractivity contribution is -0.127. The lowest BCUT2D eigenvalue weighted by Gasteiger charge is -2.06. The van der Waals surface area contributed by atoms with Crippen molar-refractivity contribution in [3.05, 3.63) is 30.0 Å². The molecule has 0 aliphatic carbocycles. The molecular formula is C15H18N2O2. The van der Waals surface area contributed by atoms with Crippen molar-refractivity contribution in [2.24, 2.45) is 0 Å². The minimum atomic E-state index is -0.217. The Balaban J connectivity index is 1.90. The molecule has 0 spiro atoms. The number of benzene rings is 1. The van der Waals surface area contributed by atoms with Crippen molar-refractivity contribution < 1.29 is 9.53 Å². The van der Waals surface area contributed by atoms with Gasteiger partial charge in [-0.3, -0.25) is 9.48 Å². The van der Waals surface area contributed by atoms with Crippen LogP contribution in [0.5, 0.6) is 0 Å². The summed E-state index contributed by atoms with van der Waals surface area (Å²) in [6.07, 6.45) is 2.00. The van der Waals surface area contributed by atoms with Crippen molar-refractivity contribution in [3.8, 4) is 0 Å². The quantitative estimate of drug-likeness (QED) is 0.845. The molecule has 1 aromatic heterocycles. The molecule has 19 heavy (non-hydrogen) atoms. The number of fused-ring (bicyclic) bond motifs is 1. The van der Waals surface area contributed by atoms with Crippen molar-refractivity contribution >= 4 is 16.7 Å². The largest absolute Gasteiger partial charge is 0.370 e. The molecule has 2 heterocycles. The standard InChI is InChI=1S/C15H18N2O2/c1-2-17-13-7-4-3-6-11(13)12(16-17)10-14(18)15-8-5-9-19-15/h3-4,6-7,15H,2,5,8-10H2,1H3. The number of rotatable bonds is 4. The monoisotopic (exact) mass is 258 g/mol. The number of nitrogens with zero attached hydrogens (tertiary/aromatic N) is 2. The van der Waals surface area contributed by atoms with Crippen molar-refractivity contribution in [1.29, 1.82) is 0 Å². The van der Waals surface area contributed by atoms with E-state index < -0.39 is 0 Å². The Bertz CT molecular complexity index is 597. The third-order valence-corrected chi connectivity index (χ3v) is 3.66. The lowest BCUT2D eigenvalue weighted by atomic mass is 10.1.